The molecule has 0 aliphatic heterocycles. The Balaban J connectivity index is 0.00000220. The predicted molar refractivity (Wildman–Crippen MR) is 85.7 cm³/mol. The van der Waals surface area contributed by atoms with Crippen molar-refractivity contribution in [2.24, 2.45) is 11.7 Å². The van der Waals surface area contributed by atoms with E-state index in [0.29, 0.717) is 11.4 Å². The topological polar surface area (TPSA) is 96.2 Å². The van der Waals surface area contributed by atoms with Crippen LogP contribution in [0, 0.1) is 5.92 Å². The number of carbonyl (C=O) groups excluding carboxylic acids is 2. The minimum atomic E-state index is -0.296. The van der Waals surface area contributed by atoms with Crippen molar-refractivity contribution in [3.05, 3.63) is 24.3 Å². The van der Waals surface area contributed by atoms with E-state index in [1.54, 1.807) is 31.3 Å². The molecule has 1 aliphatic carbocycles. The summed E-state index contributed by atoms with van der Waals surface area (Å²) in [5.74, 6) is -0.0180. The molecule has 0 spiro atoms. The van der Waals surface area contributed by atoms with Gasteiger partial charge in [-0.2, -0.15) is 0 Å². The van der Waals surface area contributed by atoms with Gasteiger partial charge in [-0.25, -0.2) is 4.79 Å². The third-order valence-electron chi connectivity index (χ3n) is 3.46. The molecule has 21 heavy (non-hydrogen) atoms. The van der Waals surface area contributed by atoms with Gasteiger partial charge in [0, 0.05) is 30.4 Å². The van der Waals surface area contributed by atoms with Crippen LogP contribution < -0.4 is 21.7 Å². The van der Waals surface area contributed by atoms with Crippen molar-refractivity contribution in [2.75, 3.05) is 17.7 Å². The van der Waals surface area contributed by atoms with Gasteiger partial charge in [0.1, 0.15) is 0 Å². The van der Waals surface area contributed by atoms with Crippen molar-refractivity contribution >= 4 is 35.7 Å². The first-order chi connectivity index (χ1) is 9.58. The maximum Gasteiger partial charge on any atom is 0.318 e. The second-order valence-electron chi connectivity index (χ2n) is 5.04. The number of hydrogen-bond acceptors (Lipinski definition) is 3. The van der Waals surface area contributed by atoms with E-state index in [-0.39, 0.29) is 36.3 Å². The molecule has 0 heterocycles. The van der Waals surface area contributed by atoms with Crippen LogP contribution in [0.1, 0.15) is 19.3 Å². The molecule has 1 aromatic rings. The summed E-state index contributed by atoms with van der Waals surface area (Å²) in [6.07, 6.45) is 2.47. The molecular formula is C14H21ClN4O2. The summed E-state index contributed by atoms with van der Waals surface area (Å²) in [6.45, 7) is 0. The highest BCUT2D eigenvalue weighted by atomic mass is 35.5. The van der Waals surface area contributed by atoms with Crippen LogP contribution >= 0.6 is 12.4 Å². The van der Waals surface area contributed by atoms with Crippen molar-refractivity contribution in [2.45, 2.75) is 25.3 Å². The lowest BCUT2D eigenvalue weighted by Crippen LogP contribution is -2.25. The largest absolute Gasteiger partial charge is 0.341 e. The van der Waals surface area contributed by atoms with Crippen LogP contribution in [0.5, 0.6) is 0 Å². The van der Waals surface area contributed by atoms with E-state index in [1.807, 2.05) is 0 Å². The van der Waals surface area contributed by atoms with Crippen LogP contribution in [0.3, 0.4) is 0 Å². The number of nitrogens with one attached hydrogen (secondary N) is 3. The first kappa shape index (κ1) is 17.3. The van der Waals surface area contributed by atoms with E-state index in [9.17, 15) is 9.59 Å². The maximum absolute atomic E-state index is 12.1. The van der Waals surface area contributed by atoms with Gasteiger partial charge in [0.2, 0.25) is 5.91 Å². The second kappa shape index (κ2) is 7.85. The summed E-state index contributed by atoms with van der Waals surface area (Å²) < 4.78 is 0. The molecule has 0 saturated heterocycles. The molecule has 1 aromatic carbocycles. The highest BCUT2D eigenvalue weighted by Gasteiger charge is 2.27. The van der Waals surface area contributed by atoms with Gasteiger partial charge in [0.25, 0.3) is 0 Å². The number of benzene rings is 1. The molecule has 0 radical (unpaired) electrons. The van der Waals surface area contributed by atoms with Crippen molar-refractivity contribution in [1.29, 1.82) is 0 Å². The number of carbonyl (C=O) groups is 2. The number of amides is 3. The smallest absolute Gasteiger partial charge is 0.318 e. The Morgan fingerprint density at radius 3 is 2.43 bits per heavy atom. The van der Waals surface area contributed by atoms with Gasteiger partial charge < -0.3 is 21.7 Å². The average Bonchev–Trinajstić information content (AvgIpc) is 2.86. The van der Waals surface area contributed by atoms with Crippen molar-refractivity contribution in [1.82, 2.24) is 5.32 Å². The molecule has 7 heteroatoms. The number of nitrogens with two attached hydrogens (primary N) is 1. The first-order valence-electron chi connectivity index (χ1n) is 6.73. The zero-order valence-electron chi connectivity index (χ0n) is 11.9. The molecule has 1 saturated carbocycles. The summed E-state index contributed by atoms with van der Waals surface area (Å²) in [5, 5.41) is 8.00. The van der Waals surface area contributed by atoms with Crippen LogP contribution in [0.15, 0.2) is 24.3 Å². The number of urea groups is 1. The zero-order valence-corrected chi connectivity index (χ0v) is 12.7. The van der Waals surface area contributed by atoms with Crippen molar-refractivity contribution in [3.63, 3.8) is 0 Å². The van der Waals surface area contributed by atoms with E-state index in [2.05, 4.69) is 16.0 Å². The molecule has 1 aliphatic rings. The van der Waals surface area contributed by atoms with E-state index in [4.69, 9.17) is 5.73 Å². The van der Waals surface area contributed by atoms with Gasteiger partial charge in [-0.3, -0.25) is 4.79 Å². The summed E-state index contributed by atoms with van der Waals surface area (Å²) in [6, 6.07) is 6.89. The number of anilines is 2. The number of halogens is 1. The lowest BCUT2D eigenvalue weighted by molar-refractivity contribution is -0.119. The standard InChI is InChI=1S/C14H20N4O2.ClH/c1-16-14(20)18-12-4-2-3-11(8-12)17-13(19)9-5-6-10(15)7-9;/h2-4,8-10H,5-7,15H2,1H3,(H,17,19)(H2,16,18,20);1H. The second-order valence-corrected chi connectivity index (χ2v) is 5.04. The Bertz CT molecular complexity index is 510. The molecule has 2 atom stereocenters. The van der Waals surface area contributed by atoms with E-state index >= 15 is 0 Å². The third-order valence-corrected chi connectivity index (χ3v) is 3.46. The first-order valence-corrected chi connectivity index (χ1v) is 6.73. The average molecular weight is 313 g/mol. The van der Waals surface area contributed by atoms with Gasteiger partial charge in [-0.15, -0.1) is 12.4 Å². The minimum absolute atomic E-state index is 0. The molecule has 2 rings (SSSR count). The van der Waals surface area contributed by atoms with Crippen molar-refractivity contribution < 1.29 is 9.59 Å². The lowest BCUT2D eigenvalue weighted by atomic mass is 10.1. The van der Waals surface area contributed by atoms with Crippen LogP contribution in [0.25, 0.3) is 0 Å². The fourth-order valence-corrected chi connectivity index (χ4v) is 2.37. The summed E-state index contributed by atoms with van der Waals surface area (Å²) in [4.78, 5) is 23.3. The molecular weight excluding hydrogens is 292 g/mol. The van der Waals surface area contributed by atoms with Gasteiger partial charge in [0.05, 0.1) is 0 Å². The molecule has 0 bridgehead atoms. The Morgan fingerprint density at radius 2 is 1.86 bits per heavy atom. The normalized spacial score (nSPS) is 20.3. The highest BCUT2D eigenvalue weighted by molar-refractivity contribution is 5.94. The van der Waals surface area contributed by atoms with E-state index < -0.39 is 0 Å². The van der Waals surface area contributed by atoms with E-state index in [1.165, 1.54) is 0 Å². The Kier molecular flexibility index (Phi) is 6.45. The molecule has 3 amide bonds. The molecule has 1 fully saturated rings. The highest BCUT2D eigenvalue weighted by Crippen LogP contribution is 2.26. The van der Waals surface area contributed by atoms with Crippen LogP contribution in [-0.4, -0.2) is 25.0 Å². The lowest BCUT2D eigenvalue weighted by Gasteiger charge is -2.12. The summed E-state index contributed by atoms with van der Waals surface area (Å²) in [5.41, 5.74) is 7.12. The third kappa shape index (κ3) is 4.91. The van der Waals surface area contributed by atoms with Crippen molar-refractivity contribution in [3.8, 4) is 0 Å². The number of hydrogen-bond donors (Lipinski definition) is 4. The number of rotatable bonds is 3. The minimum Gasteiger partial charge on any atom is -0.341 e. The van der Waals surface area contributed by atoms with Gasteiger partial charge in [-0.05, 0) is 37.5 Å². The SMILES string of the molecule is CNC(=O)Nc1cccc(NC(=O)C2CCC(N)C2)c1.Cl. The van der Waals surface area contributed by atoms with Gasteiger partial charge in [-0.1, -0.05) is 6.07 Å². The molecule has 0 aromatic heterocycles. The quantitative estimate of drug-likeness (QED) is 0.686. The molecule has 6 nitrogen and oxygen atoms in total. The Morgan fingerprint density at radius 1 is 1.19 bits per heavy atom. The zero-order chi connectivity index (χ0) is 14.5. The molecule has 2 unspecified atom stereocenters. The Hall–Kier alpha value is -1.79. The summed E-state index contributed by atoms with van der Waals surface area (Å²) >= 11 is 0. The fourth-order valence-electron chi connectivity index (χ4n) is 2.37. The summed E-state index contributed by atoms with van der Waals surface area (Å²) in [7, 11) is 1.55. The molecule has 5 N–H and O–H groups in total. The van der Waals surface area contributed by atoms with Crippen LogP contribution in [-0.2, 0) is 4.79 Å². The monoisotopic (exact) mass is 312 g/mol. The molecule has 116 valence electrons. The van der Waals surface area contributed by atoms with Gasteiger partial charge in [0.15, 0.2) is 0 Å². The van der Waals surface area contributed by atoms with Crippen LogP contribution in [0.2, 0.25) is 0 Å². The van der Waals surface area contributed by atoms with E-state index in [0.717, 1.165) is 19.3 Å². The maximum atomic E-state index is 12.1. The predicted octanol–water partition coefficient (Wildman–Crippen LogP) is 1.93. The Labute approximate surface area is 130 Å². The van der Waals surface area contributed by atoms with Gasteiger partial charge >= 0.3 is 6.03 Å². The van der Waals surface area contributed by atoms with Crippen LogP contribution in [0.4, 0.5) is 16.2 Å². The fraction of sp³-hybridized carbons (Fsp3) is 0.429.